The fourth-order valence-electron chi connectivity index (χ4n) is 3.00. The van der Waals surface area contributed by atoms with Gasteiger partial charge in [0.2, 0.25) is 10.0 Å². The highest BCUT2D eigenvalue weighted by Crippen LogP contribution is 2.35. The van der Waals surface area contributed by atoms with E-state index in [4.69, 9.17) is 9.47 Å². The largest absolute Gasteiger partial charge is 0.497 e. The number of benzene rings is 1. The first-order valence-corrected chi connectivity index (χ1v) is 11.3. The Labute approximate surface area is 167 Å². The molecular weight excluding hydrogens is 402 g/mol. The van der Waals surface area contributed by atoms with Crippen molar-refractivity contribution < 1.29 is 22.7 Å². The van der Waals surface area contributed by atoms with Gasteiger partial charge in [0.1, 0.15) is 11.5 Å². The lowest BCUT2D eigenvalue weighted by molar-refractivity contribution is -0.118. The second kappa shape index (κ2) is 7.69. The number of hydrogen-bond donors (Lipinski definition) is 1. The molecule has 2 aromatic rings. The summed E-state index contributed by atoms with van der Waals surface area (Å²) < 4.78 is 36.9. The average Bonchev–Trinajstić information content (AvgIpc) is 3.48. The Hall–Kier alpha value is -2.17. The molecule has 1 fully saturated rings. The summed E-state index contributed by atoms with van der Waals surface area (Å²) in [5.74, 6) is 0.961. The van der Waals surface area contributed by atoms with Crippen molar-refractivity contribution in [2.75, 3.05) is 25.6 Å². The van der Waals surface area contributed by atoms with Crippen LogP contribution in [0.1, 0.15) is 23.4 Å². The predicted molar refractivity (Wildman–Crippen MR) is 105 cm³/mol. The molecule has 1 aliphatic heterocycles. The Kier molecular flexibility index (Phi) is 5.26. The van der Waals surface area contributed by atoms with E-state index >= 15 is 0 Å². The Morgan fingerprint density at radius 1 is 1.29 bits per heavy atom. The number of carbonyl (C=O) groups excluding carboxylic acids is 1. The van der Waals surface area contributed by atoms with Crippen LogP contribution in [0.2, 0.25) is 0 Å². The van der Waals surface area contributed by atoms with Crippen molar-refractivity contribution in [2.45, 2.75) is 31.1 Å². The number of anilines is 1. The highest BCUT2D eigenvalue weighted by molar-refractivity contribution is 7.90. The van der Waals surface area contributed by atoms with Gasteiger partial charge < -0.3 is 9.47 Å². The number of rotatable bonds is 7. The Morgan fingerprint density at radius 2 is 2.00 bits per heavy atom. The minimum absolute atomic E-state index is 0.140. The number of aromatic nitrogens is 1. The van der Waals surface area contributed by atoms with Crippen molar-refractivity contribution >= 4 is 32.4 Å². The molecule has 0 unspecified atom stereocenters. The first-order chi connectivity index (χ1) is 13.5. The topological polar surface area (TPSA) is 97.8 Å². The number of thiazole rings is 1. The van der Waals surface area contributed by atoms with E-state index in [9.17, 15) is 13.2 Å². The lowest BCUT2D eigenvalue weighted by Gasteiger charge is -2.25. The molecule has 28 heavy (non-hydrogen) atoms. The number of hydrogen-bond acceptors (Lipinski definition) is 7. The molecule has 0 saturated heterocycles. The zero-order valence-electron chi connectivity index (χ0n) is 15.4. The van der Waals surface area contributed by atoms with Gasteiger partial charge in [-0.05, 0) is 37.1 Å². The number of carbonyl (C=O) groups is 1. The van der Waals surface area contributed by atoms with Gasteiger partial charge in [0.05, 0.1) is 18.1 Å². The van der Waals surface area contributed by atoms with E-state index in [0.717, 1.165) is 23.4 Å². The average molecular weight is 424 g/mol. The summed E-state index contributed by atoms with van der Waals surface area (Å²) in [6, 6.07) is 6.96. The third-order valence-corrected chi connectivity index (χ3v) is 8.02. The van der Waals surface area contributed by atoms with Crippen molar-refractivity contribution in [1.29, 1.82) is 0 Å². The van der Waals surface area contributed by atoms with Gasteiger partial charge >= 0.3 is 0 Å². The maximum absolute atomic E-state index is 12.4. The Morgan fingerprint density at radius 3 is 2.68 bits per heavy atom. The Bertz CT molecular complexity index is 968. The monoisotopic (exact) mass is 423 g/mol. The molecule has 1 aromatic carbocycles. The van der Waals surface area contributed by atoms with Crippen molar-refractivity contribution in [3.8, 4) is 11.5 Å². The lowest BCUT2D eigenvalue weighted by atomic mass is 10.2. The molecule has 2 aliphatic rings. The highest BCUT2D eigenvalue weighted by Gasteiger charge is 2.41. The quantitative estimate of drug-likeness (QED) is 0.732. The van der Waals surface area contributed by atoms with E-state index < -0.39 is 10.0 Å². The van der Waals surface area contributed by atoms with Gasteiger partial charge in [-0.2, -0.15) is 4.31 Å². The van der Waals surface area contributed by atoms with Gasteiger partial charge in [0.25, 0.3) is 5.91 Å². The molecule has 150 valence electrons. The maximum atomic E-state index is 12.4. The third-order valence-electron chi connectivity index (χ3n) is 4.68. The maximum Gasteiger partial charge on any atom is 0.264 e. The number of nitrogens with zero attached hydrogens (tertiary/aromatic N) is 2. The third kappa shape index (κ3) is 4.13. The lowest BCUT2D eigenvalue weighted by Crippen LogP contribution is -2.37. The summed E-state index contributed by atoms with van der Waals surface area (Å²) in [6.07, 6.45) is 2.07. The molecule has 10 heteroatoms. The molecular formula is C18H21N3O5S2. The van der Waals surface area contributed by atoms with E-state index in [2.05, 4.69) is 10.3 Å². The van der Waals surface area contributed by atoms with Crippen LogP contribution in [0.3, 0.4) is 0 Å². The molecule has 1 amide bonds. The number of amides is 1. The fraction of sp³-hybridized carbons (Fsp3) is 0.444. The van der Waals surface area contributed by atoms with Crippen LogP contribution in [0, 0.1) is 0 Å². The van der Waals surface area contributed by atoms with E-state index in [0.29, 0.717) is 36.1 Å². The van der Waals surface area contributed by atoms with Crippen LogP contribution in [-0.2, 0) is 27.8 Å². The molecule has 4 rings (SSSR count). The smallest absolute Gasteiger partial charge is 0.264 e. The summed E-state index contributed by atoms with van der Waals surface area (Å²) in [6.45, 7) is 0.645. The van der Waals surface area contributed by atoms with Crippen LogP contribution in [0.5, 0.6) is 11.5 Å². The normalized spacial score (nSPS) is 17.0. The fourth-order valence-corrected chi connectivity index (χ4v) is 5.93. The van der Waals surface area contributed by atoms with Crippen LogP contribution in [0.25, 0.3) is 0 Å². The SMILES string of the molecule is COc1ccc(OCC(=O)Nc2nc3c(s2)CN(S(=O)(=O)C2CC2)CC3)cc1. The van der Waals surface area contributed by atoms with E-state index in [1.54, 1.807) is 35.7 Å². The zero-order valence-corrected chi connectivity index (χ0v) is 17.0. The van der Waals surface area contributed by atoms with Crippen molar-refractivity contribution in [1.82, 2.24) is 9.29 Å². The van der Waals surface area contributed by atoms with Crippen LogP contribution in [0.4, 0.5) is 5.13 Å². The first-order valence-electron chi connectivity index (χ1n) is 9.00. The zero-order chi connectivity index (χ0) is 19.7. The Balaban J connectivity index is 1.33. The molecule has 0 atom stereocenters. The summed E-state index contributed by atoms with van der Waals surface area (Å²) in [7, 11) is -1.61. The van der Waals surface area contributed by atoms with Gasteiger partial charge in [-0.3, -0.25) is 10.1 Å². The van der Waals surface area contributed by atoms with Gasteiger partial charge in [-0.15, -0.1) is 11.3 Å². The number of ether oxygens (including phenoxy) is 2. The summed E-state index contributed by atoms with van der Waals surface area (Å²) in [5, 5.41) is 2.99. The first kappa shape index (κ1) is 19.2. The predicted octanol–water partition coefficient (Wildman–Crippen LogP) is 2.02. The number of sulfonamides is 1. The van der Waals surface area contributed by atoms with Crippen molar-refractivity contribution in [3.63, 3.8) is 0 Å². The van der Waals surface area contributed by atoms with E-state index in [1.807, 2.05) is 0 Å². The highest BCUT2D eigenvalue weighted by atomic mass is 32.2. The van der Waals surface area contributed by atoms with Crippen molar-refractivity contribution in [2.24, 2.45) is 0 Å². The van der Waals surface area contributed by atoms with E-state index in [-0.39, 0.29) is 17.8 Å². The molecule has 2 heterocycles. The summed E-state index contributed by atoms with van der Waals surface area (Å²) >= 11 is 1.32. The van der Waals surface area contributed by atoms with Crippen LogP contribution in [0.15, 0.2) is 24.3 Å². The molecule has 0 bridgehead atoms. The second-order valence-corrected chi connectivity index (χ2v) is 10.0. The number of methoxy groups -OCH3 is 1. The molecule has 1 aromatic heterocycles. The minimum Gasteiger partial charge on any atom is -0.497 e. The van der Waals surface area contributed by atoms with Crippen LogP contribution >= 0.6 is 11.3 Å². The molecule has 0 radical (unpaired) electrons. The van der Waals surface area contributed by atoms with Crippen LogP contribution in [-0.4, -0.2) is 49.1 Å². The summed E-state index contributed by atoms with van der Waals surface area (Å²) in [4.78, 5) is 17.5. The number of nitrogens with one attached hydrogen (secondary N) is 1. The standard InChI is InChI=1S/C18H21N3O5S2/c1-25-12-2-4-13(5-3-12)26-11-17(22)20-18-19-15-8-9-21(10-16(15)27-18)28(23,24)14-6-7-14/h2-5,14H,6-11H2,1H3,(H,19,20,22). The molecule has 1 aliphatic carbocycles. The van der Waals surface area contributed by atoms with Gasteiger partial charge in [-0.1, -0.05) is 0 Å². The van der Waals surface area contributed by atoms with Gasteiger partial charge in [-0.25, -0.2) is 13.4 Å². The van der Waals surface area contributed by atoms with Gasteiger partial charge in [0.15, 0.2) is 11.7 Å². The van der Waals surface area contributed by atoms with Gasteiger partial charge in [0, 0.05) is 24.4 Å². The minimum atomic E-state index is -3.19. The summed E-state index contributed by atoms with van der Waals surface area (Å²) in [5.41, 5.74) is 0.860. The van der Waals surface area contributed by atoms with Crippen LogP contribution < -0.4 is 14.8 Å². The second-order valence-electron chi connectivity index (χ2n) is 6.73. The van der Waals surface area contributed by atoms with Crippen molar-refractivity contribution in [3.05, 3.63) is 34.8 Å². The number of fused-ring (bicyclic) bond motifs is 1. The molecule has 1 N–H and O–H groups in total. The molecule has 1 saturated carbocycles. The molecule has 8 nitrogen and oxygen atoms in total. The van der Waals surface area contributed by atoms with E-state index in [1.165, 1.54) is 11.3 Å². The molecule has 0 spiro atoms.